The number of hydrogen-bond acceptors (Lipinski definition) is 3. The zero-order chi connectivity index (χ0) is 13.8. The molecule has 0 heterocycles. The smallest absolute Gasteiger partial charge is 0.255 e. The van der Waals surface area contributed by atoms with Crippen LogP contribution >= 0.6 is 11.6 Å². The third kappa shape index (κ3) is 3.39. The second kappa shape index (κ2) is 6.26. The van der Waals surface area contributed by atoms with Crippen LogP contribution in [0.1, 0.15) is 29.6 Å². The Balaban J connectivity index is 2.07. The predicted octanol–water partition coefficient (Wildman–Crippen LogP) is 2.34. The summed E-state index contributed by atoms with van der Waals surface area (Å²) in [5.41, 5.74) is 0.429. The van der Waals surface area contributed by atoms with Gasteiger partial charge in [0.2, 0.25) is 0 Å². The maximum Gasteiger partial charge on any atom is 0.255 e. The number of benzene rings is 1. The zero-order valence-corrected chi connectivity index (χ0v) is 11.7. The van der Waals surface area contributed by atoms with Crippen molar-refractivity contribution in [2.45, 2.75) is 25.4 Å². The van der Waals surface area contributed by atoms with Crippen LogP contribution < -0.4 is 4.74 Å². The summed E-state index contributed by atoms with van der Waals surface area (Å²) in [5.74, 6) is 0.505. The van der Waals surface area contributed by atoms with Gasteiger partial charge >= 0.3 is 0 Å². The molecule has 0 atom stereocenters. The zero-order valence-electron chi connectivity index (χ0n) is 10.9. The minimum absolute atomic E-state index is 0.0667. The van der Waals surface area contributed by atoms with E-state index in [1.165, 1.54) is 11.3 Å². The highest BCUT2D eigenvalue weighted by molar-refractivity contribution is 6.34. The molecule has 1 N–H and O–H groups in total. The van der Waals surface area contributed by atoms with Crippen LogP contribution in [0.15, 0.2) is 18.2 Å². The molecule has 5 heteroatoms. The standard InChI is InChI=1S/C14H18ClNO3/c1-16(7-8-17)14(18)12-6-5-11(9-13(12)15)19-10-3-2-4-10/h5-6,9-10,17H,2-4,7-8H2,1H3. The Labute approximate surface area is 117 Å². The third-order valence-corrected chi connectivity index (χ3v) is 3.62. The highest BCUT2D eigenvalue weighted by atomic mass is 35.5. The SMILES string of the molecule is CN(CCO)C(=O)c1ccc(OC2CCC2)cc1Cl. The lowest BCUT2D eigenvalue weighted by molar-refractivity contribution is 0.0767. The molecule has 1 aromatic rings. The van der Waals surface area contributed by atoms with Crippen molar-refractivity contribution < 1.29 is 14.6 Å². The molecule has 4 nitrogen and oxygen atoms in total. The molecule has 2 rings (SSSR count). The van der Waals surface area contributed by atoms with E-state index in [1.54, 1.807) is 25.2 Å². The van der Waals surface area contributed by atoms with Gasteiger partial charge in [-0.25, -0.2) is 0 Å². The first kappa shape index (κ1) is 14.2. The summed E-state index contributed by atoms with van der Waals surface area (Å²) in [6, 6.07) is 5.12. The average Bonchev–Trinajstić information content (AvgIpc) is 2.33. The van der Waals surface area contributed by atoms with E-state index in [-0.39, 0.29) is 25.2 Å². The summed E-state index contributed by atoms with van der Waals surface area (Å²) in [6.07, 6.45) is 3.66. The molecular weight excluding hydrogens is 266 g/mol. The molecule has 1 aliphatic carbocycles. The highest BCUT2D eigenvalue weighted by Crippen LogP contribution is 2.28. The van der Waals surface area contributed by atoms with Crippen molar-refractivity contribution >= 4 is 17.5 Å². The number of amides is 1. The van der Waals surface area contributed by atoms with Crippen molar-refractivity contribution in [3.8, 4) is 5.75 Å². The van der Waals surface area contributed by atoms with E-state index >= 15 is 0 Å². The minimum Gasteiger partial charge on any atom is -0.490 e. The predicted molar refractivity (Wildman–Crippen MR) is 73.8 cm³/mol. The molecule has 1 aliphatic rings. The summed E-state index contributed by atoms with van der Waals surface area (Å²) in [6.45, 7) is 0.220. The first-order valence-electron chi connectivity index (χ1n) is 6.44. The second-order valence-electron chi connectivity index (χ2n) is 4.76. The molecule has 104 valence electrons. The van der Waals surface area contributed by atoms with Crippen LogP contribution in [0.4, 0.5) is 0 Å². The van der Waals surface area contributed by atoms with Gasteiger partial charge in [-0.3, -0.25) is 4.79 Å². The van der Waals surface area contributed by atoms with Gasteiger partial charge in [0.15, 0.2) is 0 Å². The van der Waals surface area contributed by atoms with Crippen molar-refractivity contribution in [2.75, 3.05) is 20.2 Å². The Morgan fingerprint density at radius 3 is 2.79 bits per heavy atom. The van der Waals surface area contributed by atoms with Gasteiger partial charge < -0.3 is 14.7 Å². The Morgan fingerprint density at radius 1 is 1.53 bits per heavy atom. The summed E-state index contributed by atoms with van der Waals surface area (Å²) in [7, 11) is 1.63. The lowest BCUT2D eigenvalue weighted by Crippen LogP contribution is -2.29. The van der Waals surface area contributed by atoms with Crippen LogP contribution in [0, 0.1) is 0 Å². The number of hydrogen-bond donors (Lipinski definition) is 1. The van der Waals surface area contributed by atoms with E-state index in [1.807, 2.05) is 0 Å². The molecule has 1 amide bonds. The first-order chi connectivity index (χ1) is 9.11. The summed E-state index contributed by atoms with van der Waals surface area (Å²) in [5, 5.41) is 9.21. The Bertz CT molecular complexity index is 460. The molecule has 1 aromatic carbocycles. The number of carbonyl (C=O) groups excluding carboxylic acids is 1. The van der Waals surface area contributed by atoms with Crippen molar-refractivity contribution in [3.63, 3.8) is 0 Å². The van der Waals surface area contributed by atoms with Crippen LogP contribution in [-0.2, 0) is 0 Å². The van der Waals surface area contributed by atoms with Crippen molar-refractivity contribution in [1.29, 1.82) is 0 Å². The number of rotatable bonds is 5. The quantitative estimate of drug-likeness (QED) is 0.902. The largest absolute Gasteiger partial charge is 0.490 e. The van der Waals surface area contributed by atoms with Crippen LogP contribution in [-0.4, -0.2) is 42.2 Å². The van der Waals surface area contributed by atoms with E-state index in [0.29, 0.717) is 16.3 Å². The third-order valence-electron chi connectivity index (χ3n) is 3.31. The topological polar surface area (TPSA) is 49.8 Å². The van der Waals surface area contributed by atoms with Gasteiger partial charge in [0.05, 0.1) is 23.3 Å². The van der Waals surface area contributed by atoms with Crippen molar-refractivity contribution in [3.05, 3.63) is 28.8 Å². The van der Waals surface area contributed by atoms with Crippen molar-refractivity contribution in [1.82, 2.24) is 4.90 Å². The fourth-order valence-electron chi connectivity index (χ4n) is 1.88. The van der Waals surface area contributed by atoms with E-state index in [0.717, 1.165) is 12.8 Å². The molecular formula is C14H18ClNO3. The van der Waals surface area contributed by atoms with Crippen molar-refractivity contribution in [2.24, 2.45) is 0 Å². The highest BCUT2D eigenvalue weighted by Gasteiger charge is 2.20. The number of halogens is 1. The maximum absolute atomic E-state index is 12.0. The van der Waals surface area contributed by atoms with Gasteiger partial charge in [-0.2, -0.15) is 0 Å². The van der Waals surface area contributed by atoms with Crippen LogP contribution in [0.3, 0.4) is 0 Å². The van der Waals surface area contributed by atoms with E-state index in [2.05, 4.69) is 0 Å². The van der Waals surface area contributed by atoms with Gasteiger partial charge in [0, 0.05) is 13.6 Å². The number of likely N-dealkylation sites (N-methyl/N-ethyl adjacent to an activating group) is 1. The number of nitrogens with zero attached hydrogens (tertiary/aromatic N) is 1. The fourth-order valence-corrected chi connectivity index (χ4v) is 2.13. The Kier molecular flexibility index (Phi) is 4.66. The Morgan fingerprint density at radius 2 is 2.26 bits per heavy atom. The molecule has 0 unspecified atom stereocenters. The molecule has 19 heavy (non-hydrogen) atoms. The lowest BCUT2D eigenvalue weighted by atomic mass is 9.96. The number of aliphatic hydroxyl groups is 1. The van der Waals surface area contributed by atoms with Gasteiger partial charge in [-0.1, -0.05) is 11.6 Å². The van der Waals surface area contributed by atoms with Gasteiger partial charge in [0.1, 0.15) is 5.75 Å². The average molecular weight is 284 g/mol. The lowest BCUT2D eigenvalue weighted by Gasteiger charge is -2.26. The summed E-state index contributed by atoms with van der Waals surface area (Å²) in [4.78, 5) is 13.5. The Hall–Kier alpha value is -1.26. The van der Waals surface area contributed by atoms with Crippen LogP contribution in [0.25, 0.3) is 0 Å². The molecule has 0 saturated heterocycles. The summed E-state index contributed by atoms with van der Waals surface area (Å²) < 4.78 is 5.72. The molecule has 1 saturated carbocycles. The normalized spacial score (nSPS) is 14.9. The monoisotopic (exact) mass is 283 g/mol. The van der Waals surface area contributed by atoms with Crippen LogP contribution in [0.2, 0.25) is 5.02 Å². The van der Waals surface area contributed by atoms with Gasteiger partial charge in [0.25, 0.3) is 5.91 Å². The summed E-state index contributed by atoms with van der Waals surface area (Å²) >= 11 is 6.12. The second-order valence-corrected chi connectivity index (χ2v) is 5.17. The van der Waals surface area contributed by atoms with Crippen LogP contribution in [0.5, 0.6) is 5.75 Å². The van der Waals surface area contributed by atoms with Gasteiger partial charge in [-0.05, 0) is 37.5 Å². The fraction of sp³-hybridized carbons (Fsp3) is 0.500. The van der Waals surface area contributed by atoms with E-state index in [4.69, 9.17) is 21.4 Å². The number of aliphatic hydroxyl groups excluding tert-OH is 1. The number of ether oxygens (including phenoxy) is 1. The molecule has 0 aliphatic heterocycles. The molecule has 0 radical (unpaired) electrons. The van der Waals surface area contributed by atoms with E-state index < -0.39 is 0 Å². The minimum atomic E-state index is -0.200. The maximum atomic E-state index is 12.0. The molecule has 0 aromatic heterocycles. The first-order valence-corrected chi connectivity index (χ1v) is 6.82. The number of carbonyl (C=O) groups is 1. The van der Waals surface area contributed by atoms with E-state index in [9.17, 15) is 4.79 Å². The molecule has 0 spiro atoms. The van der Waals surface area contributed by atoms with Gasteiger partial charge in [-0.15, -0.1) is 0 Å². The molecule has 1 fully saturated rings. The molecule has 0 bridgehead atoms.